The van der Waals surface area contributed by atoms with Gasteiger partial charge in [0.25, 0.3) is 0 Å². The van der Waals surface area contributed by atoms with Gasteiger partial charge in [-0.05, 0) is 29.2 Å². The van der Waals surface area contributed by atoms with Gasteiger partial charge in [-0.25, -0.2) is 22.0 Å². The van der Waals surface area contributed by atoms with Crippen molar-refractivity contribution >= 4 is 11.6 Å². The Kier molecular flexibility index (Phi) is 3.96. The standard InChI is InChI=1S/C18H12F5/c1-2-5-11-10-7-4-3-6-9(10)8-12(11)13-14(19)16(21)18(23)17(22)15(13)20/h3-4,6-8H,2,5H2,1H3. The van der Waals surface area contributed by atoms with E-state index in [1.165, 1.54) is 6.08 Å². The number of halogens is 5. The lowest BCUT2D eigenvalue weighted by Gasteiger charge is -2.17. The summed E-state index contributed by atoms with van der Waals surface area (Å²) in [5.41, 5.74) is 0.657. The third-order valence-corrected chi connectivity index (χ3v) is 3.89. The van der Waals surface area contributed by atoms with Crippen LogP contribution in [0.3, 0.4) is 0 Å². The maximum Gasteiger partial charge on any atom is 0.200 e. The van der Waals surface area contributed by atoms with Gasteiger partial charge < -0.3 is 0 Å². The van der Waals surface area contributed by atoms with Gasteiger partial charge in [-0.2, -0.15) is 0 Å². The van der Waals surface area contributed by atoms with Crippen LogP contribution < -0.4 is 0 Å². The van der Waals surface area contributed by atoms with Gasteiger partial charge in [0.05, 0.1) is 5.56 Å². The van der Waals surface area contributed by atoms with E-state index in [0.29, 0.717) is 24.3 Å². The highest BCUT2D eigenvalue weighted by Gasteiger charge is 2.34. The lowest BCUT2D eigenvalue weighted by atomic mass is 9.87. The molecule has 0 saturated carbocycles. The Bertz CT molecular complexity index is 778. The molecule has 0 spiro atoms. The first kappa shape index (κ1) is 15.7. The molecule has 1 aliphatic rings. The molecule has 0 heterocycles. The second-order valence-corrected chi connectivity index (χ2v) is 5.32. The normalized spacial score (nSPS) is 14.1. The van der Waals surface area contributed by atoms with E-state index in [1.807, 2.05) is 6.92 Å². The van der Waals surface area contributed by atoms with E-state index < -0.39 is 34.6 Å². The average Bonchev–Trinajstić information content (AvgIpc) is 2.90. The lowest BCUT2D eigenvalue weighted by Crippen LogP contribution is -2.09. The summed E-state index contributed by atoms with van der Waals surface area (Å²) in [6.45, 7) is 1.88. The Morgan fingerprint density at radius 3 is 1.96 bits per heavy atom. The first-order valence-electron chi connectivity index (χ1n) is 7.16. The van der Waals surface area contributed by atoms with Crippen molar-refractivity contribution in [3.8, 4) is 0 Å². The molecule has 0 atom stereocenters. The van der Waals surface area contributed by atoms with Gasteiger partial charge in [0, 0.05) is 5.92 Å². The smallest absolute Gasteiger partial charge is 0.200 e. The Labute approximate surface area is 130 Å². The number of hydrogen-bond acceptors (Lipinski definition) is 0. The Hall–Kier alpha value is -2.17. The SMILES string of the molecule is CCC[C]1C(c2c(F)c(F)c(F)c(F)c2F)=Cc2ccccc21. The van der Waals surface area contributed by atoms with Crippen LogP contribution in [0.15, 0.2) is 24.3 Å². The molecule has 1 aliphatic carbocycles. The van der Waals surface area contributed by atoms with Crippen LogP contribution in [0.4, 0.5) is 22.0 Å². The first-order chi connectivity index (χ1) is 11.0. The molecule has 0 unspecified atom stereocenters. The predicted molar refractivity (Wildman–Crippen MR) is 77.8 cm³/mol. The molecule has 119 valence electrons. The predicted octanol–water partition coefficient (Wildman–Crippen LogP) is 5.66. The molecule has 0 aromatic heterocycles. The molecule has 0 aliphatic heterocycles. The van der Waals surface area contributed by atoms with E-state index in [9.17, 15) is 22.0 Å². The molecule has 3 rings (SSSR count). The van der Waals surface area contributed by atoms with Crippen molar-refractivity contribution in [1.29, 1.82) is 0 Å². The molecule has 0 nitrogen and oxygen atoms in total. The van der Waals surface area contributed by atoms with Crippen LogP contribution in [0.25, 0.3) is 11.6 Å². The molecule has 23 heavy (non-hydrogen) atoms. The second-order valence-electron chi connectivity index (χ2n) is 5.32. The van der Waals surface area contributed by atoms with E-state index >= 15 is 0 Å². The maximum absolute atomic E-state index is 14.1. The van der Waals surface area contributed by atoms with Crippen LogP contribution in [0.5, 0.6) is 0 Å². The summed E-state index contributed by atoms with van der Waals surface area (Å²) in [5, 5.41) is 0. The molecule has 2 aromatic carbocycles. The van der Waals surface area contributed by atoms with Gasteiger partial charge in [-0.15, -0.1) is 0 Å². The highest BCUT2D eigenvalue weighted by atomic mass is 19.2. The van der Waals surface area contributed by atoms with Crippen LogP contribution in [0.2, 0.25) is 0 Å². The lowest BCUT2D eigenvalue weighted by molar-refractivity contribution is 0.376. The van der Waals surface area contributed by atoms with E-state index in [1.54, 1.807) is 24.3 Å². The van der Waals surface area contributed by atoms with Gasteiger partial charge in [-0.1, -0.05) is 37.6 Å². The first-order valence-corrected chi connectivity index (χ1v) is 7.16. The van der Waals surface area contributed by atoms with E-state index in [-0.39, 0.29) is 5.57 Å². The molecule has 5 heteroatoms. The van der Waals surface area contributed by atoms with E-state index in [0.717, 1.165) is 5.56 Å². The topological polar surface area (TPSA) is 0 Å². The van der Waals surface area contributed by atoms with Gasteiger partial charge in [0.1, 0.15) is 0 Å². The molecule has 0 amide bonds. The fraction of sp³-hybridized carbons (Fsp3) is 0.167. The van der Waals surface area contributed by atoms with Gasteiger partial charge in [0.2, 0.25) is 5.82 Å². The minimum absolute atomic E-state index is 0.0563. The van der Waals surface area contributed by atoms with Crippen LogP contribution >= 0.6 is 0 Å². The minimum atomic E-state index is -2.14. The quantitative estimate of drug-likeness (QED) is 0.388. The van der Waals surface area contributed by atoms with Crippen molar-refractivity contribution in [3.05, 3.63) is 76.0 Å². The van der Waals surface area contributed by atoms with Crippen LogP contribution in [-0.4, -0.2) is 0 Å². The summed E-state index contributed by atoms with van der Waals surface area (Å²) in [4.78, 5) is 0. The van der Waals surface area contributed by atoms with Crippen LogP contribution in [0, 0.1) is 35.0 Å². The van der Waals surface area contributed by atoms with Crippen molar-refractivity contribution in [3.63, 3.8) is 0 Å². The molecular formula is C18H12F5. The van der Waals surface area contributed by atoms with Gasteiger partial charge >= 0.3 is 0 Å². The molecule has 0 fully saturated rings. The zero-order valence-electron chi connectivity index (χ0n) is 12.2. The van der Waals surface area contributed by atoms with Crippen molar-refractivity contribution in [2.75, 3.05) is 0 Å². The summed E-state index contributed by atoms with van der Waals surface area (Å²) < 4.78 is 68.5. The Morgan fingerprint density at radius 1 is 0.783 bits per heavy atom. The number of benzene rings is 2. The van der Waals surface area contributed by atoms with Crippen LogP contribution in [-0.2, 0) is 0 Å². The zero-order chi connectivity index (χ0) is 16.7. The van der Waals surface area contributed by atoms with Crippen LogP contribution in [0.1, 0.15) is 36.5 Å². The van der Waals surface area contributed by atoms with Crippen molar-refractivity contribution in [2.24, 2.45) is 0 Å². The molecule has 2 aromatic rings. The fourth-order valence-corrected chi connectivity index (χ4v) is 2.87. The number of allylic oxidation sites excluding steroid dienone is 1. The minimum Gasteiger partial charge on any atom is -0.203 e. The highest BCUT2D eigenvalue weighted by molar-refractivity contribution is 5.98. The van der Waals surface area contributed by atoms with Gasteiger partial charge in [-0.3, -0.25) is 0 Å². The third-order valence-electron chi connectivity index (χ3n) is 3.89. The maximum atomic E-state index is 14.1. The summed E-state index contributed by atoms with van der Waals surface area (Å²) >= 11 is 0. The summed E-state index contributed by atoms with van der Waals surface area (Å²) in [5.74, 6) is -9.00. The number of hydrogen-bond donors (Lipinski definition) is 0. The fourth-order valence-electron chi connectivity index (χ4n) is 2.87. The number of rotatable bonds is 3. The second kappa shape index (κ2) is 5.80. The third kappa shape index (κ3) is 2.35. The summed E-state index contributed by atoms with van der Waals surface area (Å²) in [6, 6.07) is 7.03. The molecule has 0 bridgehead atoms. The zero-order valence-corrected chi connectivity index (χ0v) is 12.2. The average molecular weight is 323 g/mol. The van der Waals surface area contributed by atoms with Crippen molar-refractivity contribution < 1.29 is 22.0 Å². The van der Waals surface area contributed by atoms with Gasteiger partial charge in [0.15, 0.2) is 23.3 Å². The Morgan fingerprint density at radius 2 is 1.35 bits per heavy atom. The molecular weight excluding hydrogens is 311 g/mol. The van der Waals surface area contributed by atoms with E-state index in [4.69, 9.17) is 0 Å². The molecule has 0 N–H and O–H groups in total. The summed E-state index contributed by atoms with van der Waals surface area (Å²) in [6.07, 6.45) is 2.62. The number of fused-ring (bicyclic) bond motifs is 1. The molecule has 1 radical (unpaired) electrons. The molecule has 0 saturated heterocycles. The highest BCUT2D eigenvalue weighted by Crippen LogP contribution is 2.45. The van der Waals surface area contributed by atoms with Crippen molar-refractivity contribution in [1.82, 2.24) is 0 Å². The Balaban J connectivity index is 2.24. The van der Waals surface area contributed by atoms with Crippen molar-refractivity contribution in [2.45, 2.75) is 19.8 Å². The summed E-state index contributed by atoms with van der Waals surface area (Å²) in [7, 11) is 0. The largest absolute Gasteiger partial charge is 0.203 e. The van der Waals surface area contributed by atoms with E-state index in [2.05, 4.69) is 0 Å². The monoisotopic (exact) mass is 323 g/mol.